The number of rotatable bonds is 2. The molecule has 2 nitrogen and oxygen atoms in total. The van der Waals surface area contributed by atoms with E-state index in [0.717, 1.165) is 17.8 Å². The third-order valence-corrected chi connectivity index (χ3v) is 4.83. The maximum absolute atomic E-state index is 3.55. The molecule has 2 bridgehead atoms. The molecule has 0 saturated carbocycles. The SMILES string of the molecule is C1CNC[C@@H](C[C@H]2CN3CCC2CC3)C1. The van der Waals surface area contributed by atoms with Crippen molar-refractivity contribution in [2.24, 2.45) is 17.8 Å². The van der Waals surface area contributed by atoms with Crippen LogP contribution in [0.3, 0.4) is 0 Å². The van der Waals surface area contributed by atoms with Gasteiger partial charge in [-0.2, -0.15) is 0 Å². The molecular formula is C13H24N2. The fourth-order valence-corrected chi connectivity index (χ4v) is 3.91. The van der Waals surface area contributed by atoms with Crippen molar-refractivity contribution in [2.75, 3.05) is 32.7 Å². The molecule has 1 N–H and O–H groups in total. The Balaban J connectivity index is 1.54. The van der Waals surface area contributed by atoms with Gasteiger partial charge < -0.3 is 10.2 Å². The van der Waals surface area contributed by atoms with Crippen LogP contribution in [-0.4, -0.2) is 37.6 Å². The van der Waals surface area contributed by atoms with E-state index in [9.17, 15) is 0 Å². The normalized spacial score (nSPS) is 45.6. The van der Waals surface area contributed by atoms with E-state index in [4.69, 9.17) is 0 Å². The Morgan fingerprint density at radius 2 is 2.00 bits per heavy atom. The first-order chi connectivity index (χ1) is 7.42. The zero-order valence-corrected chi connectivity index (χ0v) is 9.75. The molecule has 0 radical (unpaired) electrons. The Morgan fingerprint density at radius 1 is 1.13 bits per heavy atom. The van der Waals surface area contributed by atoms with Gasteiger partial charge in [-0.1, -0.05) is 0 Å². The van der Waals surface area contributed by atoms with E-state index >= 15 is 0 Å². The molecule has 2 heteroatoms. The minimum Gasteiger partial charge on any atom is -0.316 e. The van der Waals surface area contributed by atoms with Crippen molar-refractivity contribution >= 4 is 0 Å². The van der Waals surface area contributed by atoms with Crippen molar-refractivity contribution in [1.29, 1.82) is 0 Å². The Hall–Kier alpha value is -0.0800. The van der Waals surface area contributed by atoms with E-state index in [-0.39, 0.29) is 0 Å². The lowest BCUT2D eigenvalue weighted by Crippen LogP contribution is -2.48. The van der Waals surface area contributed by atoms with Crippen LogP contribution in [0.4, 0.5) is 0 Å². The highest BCUT2D eigenvalue weighted by Gasteiger charge is 2.35. The molecule has 4 aliphatic heterocycles. The molecule has 0 amide bonds. The van der Waals surface area contributed by atoms with Gasteiger partial charge in [0, 0.05) is 6.54 Å². The molecule has 4 heterocycles. The summed E-state index contributed by atoms with van der Waals surface area (Å²) in [5, 5.41) is 3.55. The molecule has 86 valence electrons. The van der Waals surface area contributed by atoms with Crippen LogP contribution in [0.25, 0.3) is 0 Å². The third kappa shape index (κ3) is 2.21. The summed E-state index contributed by atoms with van der Waals surface area (Å²) < 4.78 is 0. The summed E-state index contributed by atoms with van der Waals surface area (Å²) in [5.74, 6) is 3.11. The summed E-state index contributed by atoms with van der Waals surface area (Å²) in [6.45, 7) is 6.76. The lowest BCUT2D eigenvalue weighted by Gasteiger charge is -2.46. The zero-order chi connectivity index (χ0) is 10.1. The highest BCUT2D eigenvalue weighted by molar-refractivity contribution is 4.88. The first-order valence-corrected chi connectivity index (χ1v) is 6.85. The molecule has 0 spiro atoms. The van der Waals surface area contributed by atoms with Gasteiger partial charge in [-0.15, -0.1) is 0 Å². The molecule has 4 rings (SSSR count). The summed E-state index contributed by atoms with van der Waals surface area (Å²) in [7, 11) is 0. The van der Waals surface area contributed by atoms with Crippen molar-refractivity contribution in [3.63, 3.8) is 0 Å². The van der Waals surface area contributed by atoms with Crippen LogP contribution in [0, 0.1) is 17.8 Å². The van der Waals surface area contributed by atoms with Crippen molar-refractivity contribution in [3.8, 4) is 0 Å². The van der Waals surface area contributed by atoms with Crippen LogP contribution >= 0.6 is 0 Å². The number of hydrogen-bond acceptors (Lipinski definition) is 2. The van der Waals surface area contributed by atoms with Gasteiger partial charge in [0.25, 0.3) is 0 Å². The van der Waals surface area contributed by atoms with Crippen molar-refractivity contribution in [2.45, 2.75) is 32.1 Å². The lowest BCUT2D eigenvalue weighted by molar-refractivity contribution is 0.0360. The molecule has 4 fully saturated rings. The van der Waals surface area contributed by atoms with E-state index < -0.39 is 0 Å². The van der Waals surface area contributed by atoms with Crippen LogP contribution in [0.1, 0.15) is 32.1 Å². The molecule has 2 atom stereocenters. The highest BCUT2D eigenvalue weighted by atomic mass is 15.1. The molecule has 0 aromatic heterocycles. The summed E-state index contributed by atoms with van der Waals surface area (Å²) in [5.41, 5.74) is 0. The minimum atomic E-state index is 0.990. The molecule has 0 unspecified atom stereocenters. The standard InChI is InChI=1S/C13H24N2/c1-2-11(9-14-5-1)8-13-10-15-6-3-12(13)4-7-15/h11-14H,1-10H2/t11-,13+/m1/s1. The van der Waals surface area contributed by atoms with Crippen molar-refractivity contribution in [3.05, 3.63) is 0 Å². The van der Waals surface area contributed by atoms with Crippen LogP contribution in [0.2, 0.25) is 0 Å². The first kappa shape index (κ1) is 10.1. The van der Waals surface area contributed by atoms with Gasteiger partial charge in [-0.25, -0.2) is 0 Å². The van der Waals surface area contributed by atoms with Gasteiger partial charge in [0.1, 0.15) is 0 Å². The topological polar surface area (TPSA) is 15.3 Å². The fourth-order valence-electron chi connectivity index (χ4n) is 3.91. The van der Waals surface area contributed by atoms with Gasteiger partial charge >= 0.3 is 0 Å². The number of piperidine rings is 4. The molecule has 0 aromatic carbocycles. The molecule has 0 aromatic rings. The molecule has 4 aliphatic rings. The van der Waals surface area contributed by atoms with Crippen LogP contribution in [0.15, 0.2) is 0 Å². The second-order valence-electron chi connectivity index (χ2n) is 5.85. The predicted octanol–water partition coefficient (Wildman–Crippen LogP) is 1.72. The number of nitrogens with one attached hydrogen (secondary N) is 1. The van der Waals surface area contributed by atoms with E-state index in [2.05, 4.69) is 10.2 Å². The van der Waals surface area contributed by atoms with Gasteiger partial charge in [-0.3, -0.25) is 0 Å². The Kier molecular flexibility index (Phi) is 2.98. The Morgan fingerprint density at radius 3 is 2.60 bits per heavy atom. The number of nitrogens with zero attached hydrogens (tertiary/aromatic N) is 1. The summed E-state index contributed by atoms with van der Waals surface area (Å²) in [4.78, 5) is 2.70. The van der Waals surface area contributed by atoms with Crippen molar-refractivity contribution in [1.82, 2.24) is 10.2 Å². The molecule has 4 saturated heterocycles. The van der Waals surface area contributed by atoms with Gasteiger partial charge in [0.05, 0.1) is 0 Å². The summed E-state index contributed by atoms with van der Waals surface area (Å²) >= 11 is 0. The quantitative estimate of drug-likeness (QED) is 0.743. The van der Waals surface area contributed by atoms with E-state index in [1.54, 1.807) is 0 Å². The average Bonchev–Trinajstić information content (AvgIpc) is 2.32. The monoisotopic (exact) mass is 208 g/mol. The fraction of sp³-hybridized carbons (Fsp3) is 1.00. The van der Waals surface area contributed by atoms with Gasteiger partial charge in [-0.05, 0) is 76.0 Å². The zero-order valence-electron chi connectivity index (χ0n) is 9.75. The highest BCUT2D eigenvalue weighted by Crippen LogP contribution is 2.36. The van der Waals surface area contributed by atoms with Gasteiger partial charge in [0.2, 0.25) is 0 Å². The van der Waals surface area contributed by atoms with Crippen LogP contribution in [0.5, 0.6) is 0 Å². The van der Waals surface area contributed by atoms with Gasteiger partial charge in [0.15, 0.2) is 0 Å². The van der Waals surface area contributed by atoms with Crippen LogP contribution < -0.4 is 5.32 Å². The second-order valence-corrected chi connectivity index (χ2v) is 5.85. The smallest absolute Gasteiger partial charge is 0.00124 e. The molecule has 15 heavy (non-hydrogen) atoms. The number of hydrogen-bond donors (Lipinski definition) is 1. The average molecular weight is 208 g/mol. The second kappa shape index (κ2) is 4.42. The van der Waals surface area contributed by atoms with E-state index in [0.29, 0.717) is 0 Å². The molecular weight excluding hydrogens is 184 g/mol. The lowest BCUT2D eigenvalue weighted by atomic mass is 9.74. The largest absolute Gasteiger partial charge is 0.316 e. The minimum absolute atomic E-state index is 0.990. The maximum Gasteiger partial charge on any atom is 0.00124 e. The Bertz CT molecular complexity index is 203. The summed E-state index contributed by atoms with van der Waals surface area (Å²) in [6, 6.07) is 0. The molecule has 0 aliphatic carbocycles. The Labute approximate surface area is 93.4 Å². The van der Waals surface area contributed by atoms with E-state index in [1.807, 2.05) is 0 Å². The van der Waals surface area contributed by atoms with E-state index in [1.165, 1.54) is 64.8 Å². The van der Waals surface area contributed by atoms with Crippen molar-refractivity contribution < 1.29 is 0 Å². The third-order valence-electron chi connectivity index (χ3n) is 4.83. The predicted molar refractivity (Wildman–Crippen MR) is 62.9 cm³/mol. The first-order valence-electron chi connectivity index (χ1n) is 6.85. The number of fused-ring (bicyclic) bond motifs is 3. The summed E-state index contributed by atoms with van der Waals surface area (Å²) in [6.07, 6.45) is 7.38. The van der Waals surface area contributed by atoms with Crippen LogP contribution in [-0.2, 0) is 0 Å². The maximum atomic E-state index is 3.55.